The molecule has 1 unspecified atom stereocenters. The molecular weight excluding hydrogens is 498 g/mol. The summed E-state index contributed by atoms with van der Waals surface area (Å²) in [6, 6.07) is 9.46. The maximum atomic E-state index is 12.4. The lowest BCUT2D eigenvalue weighted by Gasteiger charge is -2.43. The highest BCUT2D eigenvalue weighted by Gasteiger charge is 2.55. The number of nitrogens with zero attached hydrogens (tertiary/aromatic N) is 3. The van der Waals surface area contributed by atoms with E-state index in [-0.39, 0.29) is 37.9 Å². The number of methoxy groups -OCH3 is 1. The van der Waals surface area contributed by atoms with Crippen molar-refractivity contribution in [2.75, 3.05) is 39.8 Å². The van der Waals surface area contributed by atoms with Gasteiger partial charge >= 0.3 is 12.2 Å². The molecule has 0 N–H and O–H groups in total. The summed E-state index contributed by atoms with van der Waals surface area (Å²) in [5.74, 6) is 0. The quantitative estimate of drug-likeness (QED) is 0.429. The van der Waals surface area contributed by atoms with Gasteiger partial charge in [0.25, 0.3) is 0 Å². The van der Waals surface area contributed by atoms with Crippen LogP contribution in [0.1, 0.15) is 80.7 Å². The van der Waals surface area contributed by atoms with Gasteiger partial charge in [-0.15, -0.1) is 0 Å². The van der Waals surface area contributed by atoms with Crippen molar-refractivity contribution in [3.05, 3.63) is 35.9 Å². The minimum absolute atomic E-state index is 0. The number of amides is 3. The van der Waals surface area contributed by atoms with Gasteiger partial charge in [0.1, 0.15) is 6.61 Å². The minimum Gasteiger partial charge on any atom is -0.445 e. The molecule has 3 saturated heterocycles. The molecule has 3 heterocycles. The Kier molecular flexibility index (Phi) is 16.4. The first-order chi connectivity index (χ1) is 18.1. The fraction of sp³-hybridized carbons (Fsp3) is 0.700. The molecule has 9 heteroatoms. The highest BCUT2D eigenvalue weighted by atomic mass is 16.6. The molecular formula is C30H53N3O6. The van der Waals surface area contributed by atoms with Crippen LogP contribution in [0.2, 0.25) is 0 Å². The molecule has 3 amide bonds. The Morgan fingerprint density at radius 2 is 1.69 bits per heavy atom. The third-order valence-corrected chi connectivity index (χ3v) is 6.04. The fourth-order valence-electron chi connectivity index (χ4n) is 4.05. The predicted octanol–water partition coefficient (Wildman–Crippen LogP) is 5.96. The number of rotatable bonds is 4. The predicted molar refractivity (Wildman–Crippen MR) is 156 cm³/mol. The normalized spacial score (nSPS) is 18.9. The molecule has 0 bridgehead atoms. The van der Waals surface area contributed by atoms with Crippen molar-refractivity contribution in [1.82, 2.24) is 14.7 Å². The van der Waals surface area contributed by atoms with Crippen LogP contribution in [0.5, 0.6) is 0 Å². The zero-order valence-corrected chi connectivity index (χ0v) is 24.7. The molecule has 0 radical (unpaired) electrons. The lowest BCUT2D eigenvalue weighted by molar-refractivity contribution is -0.136. The Hall–Kier alpha value is -2.81. The van der Waals surface area contributed by atoms with Gasteiger partial charge < -0.3 is 24.0 Å². The van der Waals surface area contributed by atoms with Crippen LogP contribution in [0, 0.1) is 0 Å². The van der Waals surface area contributed by atoms with Gasteiger partial charge in [-0.1, -0.05) is 71.9 Å². The molecule has 1 aromatic carbocycles. The maximum absolute atomic E-state index is 12.4. The van der Waals surface area contributed by atoms with Crippen LogP contribution >= 0.6 is 0 Å². The minimum atomic E-state index is -0.575. The molecule has 224 valence electrons. The number of ether oxygens (including phenoxy) is 3. The van der Waals surface area contributed by atoms with Crippen LogP contribution in [0.4, 0.5) is 9.59 Å². The number of benzene rings is 1. The number of carbonyl (C=O) groups is 3. The smallest absolute Gasteiger partial charge is 0.410 e. The van der Waals surface area contributed by atoms with E-state index in [1.165, 1.54) is 6.42 Å². The van der Waals surface area contributed by atoms with Gasteiger partial charge in [-0.3, -0.25) is 9.69 Å². The van der Waals surface area contributed by atoms with E-state index in [2.05, 4.69) is 13.8 Å². The molecule has 4 rings (SSSR count). The molecule has 9 nitrogen and oxygen atoms in total. The summed E-state index contributed by atoms with van der Waals surface area (Å²) >= 11 is 0. The standard InChI is InChI=1S/C19H23N3O5.C5H12O.C3H8.C2H6.CH4/c23-14-20-11-19(12-20)13-22(18(25)27-19)16-7-4-8-21(9-16)17(24)26-10-15-5-2-1-3-6-15;1-5(2,3)6-4;1-3-2;1-2;/h1-3,5-6,14,16H,4,7-13H2;1-4H3;3H2,1-2H3;1-2H3;1H4. The van der Waals surface area contributed by atoms with Gasteiger partial charge in [0, 0.05) is 20.2 Å². The van der Waals surface area contributed by atoms with E-state index < -0.39 is 5.60 Å². The van der Waals surface area contributed by atoms with Gasteiger partial charge in [0.05, 0.1) is 31.3 Å². The van der Waals surface area contributed by atoms with Crippen molar-refractivity contribution in [3.63, 3.8) is 0 Å². The zero-order valence-electron chi connectivity index (χ0n) is 24.7. The molecule has 3 aliphatic rings. The molecule has 0 aromatic heterocycles. The van der Waals surface area contributed by atoms with Gasteiger partial charge in [-0.25, -0.2) is 9.59 Å². The van der Waals surface area contributed by atoms with Crippen molar-refractivity contribution in [1.29, 1.82) is 0 Å². The van der Waals surface area contributed by atoms with E-state index in [0.717, 1.165) is 24.8 Å². The Balaban J connectivity index is 0.00000104. The van der Waals surface area contributed by atoms with Crippen molar-refractivity contribution >= 4 is 18.6 Å². The third-order valence-electron chi connectivity index (χ3n) is 6.04. The average Bonchev–Trinajstić information content (AvgIpc) is 3.26. The summed E-state index contributed by atoms with van der Waals surface area (Å²) in [5.41, 5.74) is 0.405. The summed E-state index contributed by atoms with van der Waals surface area (Å²) in [7, 11) is 1.71. The third kappa shape index (κ3) is 11.9. The van der Waals surface area contributed by atoms with E-state index in [4.69, 9.17) is 14.2 Å². The molecule has 1 aromatic rings. The van der Waals surface area contributed by atoms with Crippen LogP contribution in [0.25, 0.3) is 0 Å². The molecule has 1 spiro atoms. The zero-order chi connectivity index (χ0) is 28.8. The molecule has 1 atom stereocenters. The Bertz CT molecular complexity index is 837. The summed E-state index contributed by atoms with van der Waals surface area (Å²) < 4.78 is 15.9. The summed E-state index contributed by atoms with van der Waals surface area (Å²) in [4.78, 5) is 40.5. The van der Waals surface area contributed by atoms with Crippen molar-refractivity contribution in [3.8, 4) is 0 Å². The largest absolute Gasteiger partial charge is 0.445 e. The number of hydrogen-bond acceptors (Lipinski definition) is 6. The van der Waals surface area contributed by atoms with Crippen LogP contribution in [0.3, 0.4) is 0 Å². The number of piperidine rings is 1. The number of carbonyl (C=O) groups excluding carboxylic acids is 3. The highest BCUT2D eigenvalue weighted by molar-refractivity contribution is 5.73. The van der Waals surface area contributed by atoms with Crippen LogP contribution in [-0.2, 0) is 25.6 Å². The maximum Gasteiger partial charge on any atom is 0.410 e. The second kappa shape index (κ2) is 17.7. The first-order valence-electron chi connectivity index (χ1n) is 13.8. The molecule has 39 heavy (non-hydrogen) atoms. The average molecular weight is 552 g/mol. The number of likely N-dealkylation sites (tertiary alicyclic amines) is 2. The summed E-state index contributed by atoms with van der Waals surface area (Å²) in [5, 5.41) is 0. The second-order valence-corrected chi connectivity index (χ2v) is 10.5. The lowest BCUT2D eigenvalue weighted by atomic mass is 9.94. The fourth-order valence-corrected chi connectivity index (χ4v) is 4.05. The van der Waals surface area contributed by atoms with Gasteiger partial charge in [-0.05, 0) is 39.2 Å². The van der Waals surface area contributed by atoms with Crippen LogP contribution in [0.15, 0.2) is 30.3 Å². The first kappa shape index (κ1) is 36.2. The van der Waals surface area contributed by atoms with Crippen LogP contribution < -0.4 is 0 Å². The number of hydrogen-bond donors (Lipinski definition) is 0. The van der Waals surface area contributed by atoms with Crippen molar-refractivity contribution in [2.24, 2.45) is 0 Å². The molecule has 0 saturated carbocycles. The van der Waals surface area contributed by atoms with Gasteiger partial charge in [0.15, 0.2) is 5.60 Å². The van der Waals surface area contributed by atoms with E-state index >= 15 is 0 Å². The van der Waals surface area contributed by atoms with E-state index in [1.807, 2.05) is 65.0 Å². The Labute approximate surface area is 236 Å². The summed E-state index contributed by atoms with van der Waals surface area (Å²) in [6.45, 7) is 17.0. The first-order valence-corrected chi connectivity index (χ1v) is 13.8. The monoisotopic (exact) mass is 551 g/mol. The SMILES string of the molecule is C.CC.CCC.COC(C)(C)C.O=CN1CC2(C1)CN(C1CCCN(C(=O)OCc3ccccc3)C1)C(=O)O2. The van der Waals surface area contributed by atoms with Gasteiger partial charge in [-0.2, -0.15) is 0 Å². The Morgan fingerprint density at radius 1 is 1.13 bits per heavy atom. The Morgan fingerprint density at radius 3 is 2.21 bits per heavy atom. The highest BCUT2D eigenvalue weighted by Crippen LogP contribution is 2.34. The van der Waals surface area contributed by atoms with Gasteiger partial charge in [0.2, 0.25) is 6.41 Å². The second-order valence-electron chi connectivity index (χ2n) is 10.5. The van der Waals surface area contributed by atoms with Crippen molar-refractivity contribution in [2.45, 2.75) is 99.0 Å². The van der Waals surface area contributed by atoms with Crippen molar-refractivity contribution < 1.29 is 28.6 Å². The topological polar surface area (TPSA) is 88.6 Å². The lowest BCUT2D eigenvalue weighted by Crippen LogP contribution is -2.63. The molecule has 0 aliphatic carbocycles. The molecule has 3 fully saturated rings. The van der Waals surface area contributed by atoms with E-state index in [0.29, 0.717) is 32.7 Å². The molecule has 3 aliphatic heterocycles. The van der Waals surface area contributed by atoms with E-state index in [1.54, 1.807) is 21.8 Å². The summed E-state index contributed by atoms with van der Waals surface area (Å²) in [6.07, 6.45) is 2.94. The van der Waals surface area contributed by atoms with E-state index in [9.17, 15) is 14.4 Å². The van der Waals surface area contributed by atoms with Crippen LogP contribution in [-0.4, -0.2) is 90.4 Å².